The van der Waals surface area contributed by atoms with Gasteiger partial charge in [0.1, 0.15) is 6.04 Å². The first-order valence-corrected chi connectivity index (χ1v) is 5.42. The van der Waals surface area contributed by atoms with Gasteiger partial charge in [0, 0.05) is 5.75 Å². The Morgan fingerprint density at radius 2 is 2.21 bits per heavy atom. The molecule has 0 radical (unpaired) electrons. The van der Waals surface area contributed by atoms with Gasteiger partial charge in [-0.15, -0.1) is 11.8 Å². The number of hydrogen-bond donors (Lipinski definition) is 2. The third kappa shape index (κ3) is 2.01. The summed E-state index contributed by atoms with van der Waals surface area (Å²) >= 11 is 1.46. The van der Waals surface area contributed by atoms with Crippen LogP contribution in [0.15, 0.2) is 0 Å². The highest BCUT2D eigenvalue weighted by Gasteiger charge is 2.40. The standard InChI is InChI=1S/C8H14N2O3S/c1-4(9)7(11)10-5(2)14-3-6(10)8(12)13/h4-6H,3,9H2,1-2H3,(H,12,13)/t4-,5?,6?/m1/s1. The Labute approximate surface area is 86.6 Å². The van der Waals surface area contributed by atoms with E-state index in [9.17, 15) is 9.59 Å². The predicted octanol–water partition coefficient (Wildman–Crippen LogP) is -0.292. The molecule has 80 valence electrons. The Kier molecular flexibility index (Phi) is 3.38. The normalized spacial score (nSPS) is 28.9. The molecule has 14 heavy (non-hydrogen) atoms. The van der Waals surface area contributed by atoms with Crippen molar-refractivity contribution in [2.45, 2.75) is 31.3 Å². The molecule has 0 aromatic heterocycles. The van der Waals surface area contributed by atoms with Crippen LogP contribution in [0.2, 0.25) is 0 Å². The largest absolute Gasteiger partial charge is 0.480 e. The molecular formula is C8H14N2O3S. The Hall–Kier alpha value is -0.750. The van der Waals surface area contributed by atoms with Crippen molar-refractivity contribution >= 4 is 23.6 Å². The van der Waals surface area contributed by atoms with Gasteiger partial charge in [-0.05, 0) is 13.8 Å². The molecule has 1 aliphatic rings. The molecule has 3 N–H and O–H groups in total. The van der Waals surface area contributed by atoms with E-state index in [0.29, 0.717) is 5.75 Å². The predicted molar refractivity (Wildman–Crippen MR) is 53.8 cm³/mol. The molecule has 1 saturated heterocycles. The topological polar surface area (TPSA) is 83.6 Å². The second-order valence-electron chi connectivity index (χ2n) is 3.32. The highest BCUT2D eigenvalue weighted by atomic mass is 32.2. The van der Waals surface area contributed by atoms with Crippen molar-refractivity contribution in [2.24, 2.45) is 5.73 Å². The molecule has 1 rings (SSSR count). The third-order valence-electron chi connectivity index (χ3n) is 2.15. The van der Waals surface area contributed by atoms with Gasteiger partial charge in [-0.25, -0.2) is 4.79 Å². The van der Waals surface area contributed by atoms with E-state index in [1.807, 2.05) is 6.92 Å². The maximum absolute atomic E-state index is 11.6. The first-order chi connectivity index (χ1) is 6.45. The van der Waals surface area contributed by atoms with E-state index in [1.54, 1.807) is 6.92 Å². The molecule has 0 aromatic carbocycles. The van der Waals surface area contributed by atoms with Crippen LogP contribution in [-0.2, 0) is 9.59 Å². The third-order valence-corrected chi connectivity index (χ3v) is 3.37. The molecular weight excluding hydrogens is 204 g/mol. The van der Waals surface area contributed by atoms with Gasteiger partial charge in [0.15, 0.2) is 0 Å². The number of carbonyl (C=O) groups excluding carboxylic acids is 1. The van der Waals surface area contributed by atoms with Gasteiger partial charge in [-0.2, -0.15) is 0 Å². The maximum atomic E-state index is 11.6. The van der Waals surface area contributed by atoms with E-state index in [-0.39, 0.29) is 11.3 Å². The second kappa shape index (κ2) is 4.18. The summed E-state index contributed by atoms with van der Waals surface area (Å²) in [7, 11) is 0. The zero-order chi connectivity index (χ0) is 10.9. The summed E-state index contributed by atoms with van der Waals surface area (Å²) in [6, 6.07) is -1.37. The average Bonchev–Trinajstić information content (AvgIpc) is 2.45. The molecule has 0 saturated carbocycles. The van der Waals surface area contributed by atoms with E-state index in [2.05, 4.69) is 0 Å². The number of amides is 1. The Balaban J connectivity index is 2.81. The maximum Gasteiger partial charge on any atom is 0.327 e. The fraction of sp³-hybridized carbons (Fsp3) is 0.750. The van der Waals surface area contributed by atoms with Gasteiger partial charge in [0.2, 0.25) is 5.91 Å². The van der Waals surface area contributed by atoms with Crippen LogP contribution in [0, 0.1) is 0 Å². The van der Waals surface area contributed by atoms with Crippen molar-refractivity contribution in [3.8, 4) is 0 Å². The van der Waals surface area contributed by atoms with Gasteiger partial charge >= 0.3 is 5.97 Å². The number of carboxylic acids is 1. The Bertz CT molecular complexity index is 257. The van der Waals surface area contributed by atoms with E-state index < -0.39 is 18.1 Å². The lowest BCUT2D eigenvalue weighted by Gasteiger charge is -2.26. The average molecular weight is 218 g/mol. The van der Waals surface area contributed by atoms with Crippen molar-refractivity contribution < 1.29 is 14.7 Å². The molecule has 0 aromatic rings. The summed E-state index contributed by atoms with van der Waals surface area (Å²) in [5, 5.41) is 8.78. The minimum Gasteiger partial charge on any atom is -0.480 e. The molecule has 1 fully saturated rings. The molecule has 0 spiro atoms. The number of nitrogens with zero attached hydrogens (tertiary/aromatic N) is 1. The SMILES string of the molecule is CC1SCC(C(=O)O)N1C(=O)[C@@H](C)N. The summed E-state index contributed by atoms with van der Waals surface area (Å²) in [5.41, 5.74) is 5.45. The van der Waals surface area contributed by atoms with Crippen LogP contribution in [0.3, 0.4) is 0 Å². The highest BCUT2D eigenvalue weighted by Crippen LogP contribution is 2.29. The zero-order valence-corrected chi connectivity index (χ0v) is 8.95. The molecule has 3 atom stereocenters. The molecule has 1 amide bonds. The lowest BCUT2D eigenvalue weighted by molar-refractivity contribution is -0.149. The van der Waals surface area contributed by atoms with Crippen LogP contribution in [-0.4, -0.2) is 45.1 Å². The number of hydrogen-bond acceptors (Lipinski definition) is 4. The number of thioether (sulfide) groups is 1. The number of aliphatic carboxylic acids is 1. The lowest BCUT2D eigenvalue weighted by atomic mass is 10.2. The van der Waals surface area contributed by atoms with Crippen molar-refractivity contribution in [1.29, 1.82) is 0 Å². The summed E-state index contributed by atoms with van der Waals surface area (Å²) in [5.74, 6) is -0.819. The number of rotatable bonds is 2. The van der Waals surface area contributed by atoms with Crippen LogP contribution >= 0.6 is 11.8 Å². The van der Waals surface area contributed by atoms with Crippen LogP contribution in [0.5, 0.6) is 0 Å². The van der Waals surface area contributed by atoms with Gasteiger partial charge in [-0.1, -0.05) is 0 Å². The van der Waals surface area contributed by atoms with E-state index in [4.69, 9.17) is 10.8 Å². The Morgan fingerprint density at radius 1 is 1.64 bits per heavy atom. The lowest BCUT2D eigenvalue weighted by Crippen LogP contribution is -2.50. The van der Waals surface area contributed by atoms with Gasteiger partial charge in [-0.3, -0.25) is 4.79 Å². The molecule has 1 heterocycles. The number of carboxylic acid groups (broad SMARTS) is 1. The monoisotopic (exact) mass is 218 g/mol. The zero-order valence-electron chi connectivity index (χ0n) is 8.14. The highest BCUT2D eigenvalue weighted by molar-refractivity contribution is 8.00. The van der Waals surface area contributed by atoms with Gasteiger partial charge in [0.05, 0.1) is 11.4 Å². The van der Waals surface area contributed by atoms with Crippen LogP contribution < -0.4 is 5.73 Å². The first-order valence-electron chi connectivity index (χ1n) is 4.37. The molecule has 1 aliphatic heterocycles. The second-order valence-corrected chi connectivity index (χ2v) is 4.67. The van der Waals surface area contributed by atoms with Crippen LogP contribution in [0.1, 0.15) is 13.8 Å². The molecule has 0 aliphatic carbocycles. The van der Waals surface area contributed by atoms with Crippen molar-refractivity contribution in [3.05, 3.63) is 0 Å². The molecule has 0 bridgehead atoms. The van der Waals surface area contributed by atoms with E-state index in [0.717, 1.165) is 0 Å². The van der Waals surface area contributed by atoms with Gasteiger partial charge < -0.3 is 15.7 Å². The summed E-state index contributed by atoms with van der Waals surface area (Å²) in [4.78, 5) is 23.8. The fourth-order valence-corrected chi connectivity index (χ4v) is 2.58. The van der Waals surface area contributed by atoms with Crippen molar-refractivity contribution in [1.82, 2.24) is 4.90 Å². The minimum absolute atomic E-state index is 0.102. The van der Waals surface area contributed by atoms with Crippen molar-refractivity contribution in [2.75, 3.05) is 5.75 Å². The van der Waals surface area contributed by atoms with Crippen LogP contribution in [0.25, 0.3) is 0 Å². The van der Waals surface area contributed by atoms with E-state index in [1.165, 1.54) is 16.7 Å². The van der Waals surface area contributed by atoms with Gasteiger partial charge in [0.25, 0.3) is 0 Å². The molecule has 2 unspecified atom stereocenters. The minimum atomic E-state index is -0.962. The smallest absolute Gasteiger partial charge is 0.327 e. The fourth-order valence-electron chi connectivity index (χ4n) is 1.40. The number of carbonyl (C=O) groups is 2. The molecule has 5 nitrogen and oxygen atoms in total. The number of nitrogens with two attached hydrogens (primary N) is 1. The Morgan fingerprint density at radius 3 is 2.64 bits per heavy atom. The van der Waals surface area contributed by atoms with Crippen molar-refractivity contribution in [3.63, 3.8) is 0 Å². The first kappa shape index (κ1) is 11.3. The quantitative estimate of drug-likeness (QED) is 0.665. The van der Waals surface area contributed by atoms with E-state index >= 15 is 0 Å². The summed E-state index contributed by atoms with van der Waals surface area (Å²) in [6.45, 7) is 3.38. The van der Waals surface area contributed by atoms with Crippen LogP contribution in [0.4, 0.5) is 0 Å². The molecule has 6 heteroatoms. The summed E-state index contributed by atoms with van der Waals surface area (Å²) in [6.07, 6.45) is 0. The summed E-state index contributed by atoms with van der Waals surface area (Å²) < 4.78 is 0.